The Labute approximate surface area is 101 Å². The summed E-state index contributed by atoms with van der Waals surface area (Å²) in [6, 6.07) is 0. The van der Waals surface area contributed by atoms with E-state index >= 15 is 0 Å². The lowest BCUT2D eigenvalue weighted by Gasteiger charge is -2.16. The molecule has 1 aliphatic heterocycles. The Balaban J connectivity index is 1.71. The molecule has 2 heterocycles. The molecular weight excluding hydrogens is 218 g/mol. The van der Waals surface area contributed by atoms with Gasteiger partial charge in [-0.3, -0.25) is 0 Å². The number of aryl methyl sites for hydroxylation is 1. The SMILES string of the molecule is CC1(C)OC[C@@H](CCCc2cnc(N)nc2)O1. The Kier molecular flexibility index (Phi) is 3.59. The first-order valence-corrected chi connectivity index (χ1v) is 5.93. The van der Waals surface area contributed by atoms with Crippen molar-refractivity contribution in [2.75, 3.05) is 12.3 Å². The van der Waals surface area contributed by atoms with Gasteiger partial charge in [-0.05, 0) is 38.7 Å². The predicted molar refractivity (Wildman–Crippen MR) is 64.3 cm³/mol. The van der Waals surface area contributed by atoms with Gasteiger partial charge in [0.25, 0.3) is 0 Å². The number of anilines is 1. The fourth-order valence-corrected chi connectivity index (χ4v) is 1.93. The van der Waals surface area contributed by atoms with Gasteiger partial charge in [-0.25, -0.2) is 9.97 Å². The molecule has 5 nitrogen and oxygen atoms in total. The summed E-state index contributed by atoms with van der Waals surface area (Å²) in [4.78, 5) is 7.93. The van der Waals surface area contributed by atoms with Crippen molar-refractivity contribution in [3.63, 3.8) is 0 Å². The first-order chi connectivity index (χ1) is 8.05. The summed E-state index contributed by atoms with van der Waals surface area (Å²) < 4.78 is 11.2. The van der Waals surface area contributed by atoms with Crippen LogP contribution in [0.5, 0.6) is 0 Å². The van der Waals surface area contributed by atoms with Crippen LogP contribution >= 0.6 is 0 Å². The molecule has 0 radical (unpaired) electrons. The van der Waals surface area contributed by atoms with Crippen LogP contribution in [0.25, 0.3) is 0 Å². The molecule has 0 saturated carbocycles. The lowest BCUT2D eigenvalue weighted by atomic mass is 10.1. The van der Waals surface area contributed by atoms with E-state index < -0.39 is 5.79 Å². The van der Waals surface area contributed by atoms with Crippen molar-refractivity contribution < 1.29 is 9.47 Å². The highest BCUT2D eigenvalue weighted by atomic mass is 16.7. The highest BCUT2D eigenvalue weighted by Crippen LogP contribution is 2.25. The van der Waals surface area contributed by atoms with Crippen molar-refractivity contribution in [1.29, 1.82) is 0 Å². The van der Waals surface area contributed by atoms with E-state index in [1.807, 2.05) is 13.8 Å². The van der Waals surface area contributed by atoms with Gasteiger partial charge in [-0.15, -0.1) is 0 Å². The Bertz CT molecular complexity index is 365. The van der Waals surface area contributed by atoms with Crippen LogP contribution in [0.1, 0.15) is 32.3 Å². The number of hydrogen-bond acceptors (Lipinski definition) is 5. The second-order valence-corrected chi connectivity index (χ2v) is 4.79. The molecule has 17 heavy (non-hydrogen) atoms. The van der Waals surface area contributed by atoms with Gasteiger partial charge in [0.1, 0.15) is 0 Å². The largest absolute Gasteiger partial charge is 0.368 e. The first-order valence-electron chi connectivity index (χ1n) is 5.93. The third-order valence-corrected chi connectivity index (χ3v) is 2.78. The van der Waals surface area contributed by atoms with Crippen LogP contribution in [0.3, 0.4) is 0 Å². The molecule has 1 atom stereocenters. The number of aromatic nitrogens is 2. The number of nitrogens with two attached hydrogens (primary N) is 1. The topological polar surface area (TPSA) is 70.3 Å². The number of nitrogens with zero attached hydrogens (tertiary/aromatic N) is 2. The maximum atomic E-state index is 5.73. The third-order valence-electron chi connectivity index (χ3n) is 2.78. The monoisotopic (exact) mass is 237 g/mol. The van der Waals surface area contributed by atoms with Crippen molar-refractivity contribution in [3.8, 4) is 0 Å². The van der Waals surface area contributed by atoms with E-state index in [2.05, 4.69) is 9.97 Å². The minimum absolute atomic E-state index is 0.208. The van der Waals surface area contributed by atoms with Crippen LogP contribution in [0.2, 0.25) is 0 Å². The summed E-state index contributed by atoms with van der Waals surface area (Å²) in [7, 11) is 0. The Hall–Kier alpha value is -1.20. The zero-order valence-corrected chi connectivity index (χ0v) is 10.3. The van der Waals surface area contributed by atoms with Crippen molar-refractivity contribution in [2.45, 2.75) is 45.0 Å². The molecule has 0 aliphatic carbocycles. The minimum Gasteiger partial charge on any atom is -0.368 e. The van der Waals surface area contributed by atoms with Crippen molar-refractivity contribution in [3.05, 3.63) is 18.0 Å². The number of rotatable bonds is 4. The molecule has 2 rings (SSSR count). The molecule has 1 aromatic rings. The molecule has 0 unspecified atom stereocenters. The molecular formula is C12H19N3O2. The zero-order valence-electron chi connectivity index (χ0n) is 10.3. The first kappa shape index (κ1) is 12.3. The van der Waals surface area contributed by atoms with Crippen LogP contribution in [0, 0.1) is 0 Å². The maximum Gasteiger partial charge on any atom is 0.219 e. The van der Waals surface area contributed by atoms with Crippen LogP contribution in [0.15, 0.2) is 12.4 Å². The van der Waals surface area contributed by atoms with E-state index in [0.29, 0.717) is 12.6 Å². The smallest absolute Gasteiger partial charge is 0.219 e. The Morgan fingerprint density at radius 1 is 1.41 bits per heavy atom. The highest BCUT2D eigenvalue weighted by molar-refractivity contribution is 5.17. The molecule has 0 amide bonds. The summed E-state index contributed by atoms with van der Waals surface area (Å²) in [5.41, 5.74) is 6.53. The van der Waals surface area contributed by atoms with Gasteiger partial charge < -0.3 is 15.2 Å². The van der Waals surface area contributed by atoms with Crippen molar-refractivity contribution in [1.82, 2.24) is 9.97 Å². The molecule has 94 valence electrons. The van der Waals surface area contributed by atoms with Crippen LogP contribution < -0.4 is 5.73 Å². The second-order valence-electron chi connectivity index (χ2n) is 4.79. The number of hydrogen-bond donors (Lipinski definition) is 1. The average molecular weight is 237 g/mol. The molecule has 1 aromatic heterocycles. The molecule has 0 aromatic carbocycles. The van der Waals surface area contributed by atoms with Crippen LogP contribution in [0.4, 0.5) is 5.95 Å². The van der Waals surface area contributed by atoms with E-state index in [-0.39, 0.29) is 6.10 Å². The normalized spacial score (nSPS) is 22.8. The van der Waals surface area contributed by atoms with Gasteiger partial charge in [0.15, 0.2) is 5.79 Å². The lowest BCUT2D eigenvalue weighted by Crippen LogP contribution is -2.21. The molecule has 0 bridgehead atoms. The number of ether oxygens (including phenoxy) is 2. The quantitative estimate of drug-likeness (QED) is 0.860. The Morgan fingerprint density at radius 2 is 2.12 bits per heavy atom. The van der Waals surface area contributed by atoms with Gasteiger partial charge in [0.2, 0.25) is 5.95 Å². The summed E-state index contributed by atoms with van der Waals surface area (Å²) >= 11 is 0. The van der Waals surface area contributed by atoms with Crippen LogP contribution in [-0.4, -0.2) is 28.5 Å². The molecule has 1 aliphatic rings. The second kappa shape index (κ2) is 4.98. The predicted octanol–water partition coefficient (Wildman–Crippen LogP) is 1.53. The van der Waals surface area contributed by atoms with Crippen molar-refractivity contribution in [2.24, 2.45) is 0 Å². The van der Waals surface area contributed by atoms with Gasteiger partial charge in [0.05, 0.1) is 12.7 Å². The standard InChI is InChI=1S/C12H19N3O2/c1-12(2)16-8-10(17-12)5-3-4-9-6-14-11(13)15-7-9/h6-7,10H,3-5,8H2,1-2H3,(H2,13,14,15)/t10-/m1/s1. The molecule has 1 fully saturated rings. The lowest BCUT2D eigenvalue weighted by molar-refractivity contribution is -0.139. The number of nitrogen functional groups attached to an aromatic ring is 1. The van der Waals surface area contributed by atoms with Gasteiger partial charge in [0, 0.05) is 12.4 Å². The molecule has 1 saturated heterocycles. The molecule has 5 heteroatoms. The summed E-state index contributed by atoms with van der Waals surface area (Å²) in [5, 5.41) is 0. The van der Waals surface area contributed by atoms with Crippen molar-refractivity contribution >= 4 is 5.95 Å². The molecule has 2 N–H and O–H groups in total. The molecule has 0 spiro atoms. The average Bonchev–Trinajstić information content (AvgIpc) is 2.61. The summed E-state index contributed by atoms with van der Waals surface area (Å²) in [5.74, 6) is -0.0994. The maximum absolute atomic E-state index is 5.73. The Morgan fingerprint density at radius 3 is 2.71 bits per heavy atom. The zero-order chi connectivity index (χ0) is 12.3. The third kappa shape index (κ3) is 3.64. The minimum atomic E-state index is -0.422. The van der Waals surface area contributed by atoms with E-state index in [0.717, 1.165) is 24.8 Å². The van der Waals surface area contributed by atoms with E-state index in [1.165, 1.54) is 0 Å². The van der Waals surface area contributed by atoms with E-state index in [4.69, 9.17) is 15.2 Å². The van der Waals surface area contributed by atoms with Gasteiger partial charge in [-0.1, -0.05) is 0 Å². The van der Waals surface area contributed by atoms with E-state index in [9.17, 15) is 0 Å². The summed E-state index contributed by atoms with van der Waals surface area (Å²) in [6.45, 7) is 4.58. The van der Waals surface area contributed by atoms with Gasteiger partial charge in [-0.2, -0.15) is 0 Å². The highest BCUT2D eigenvalue weighted by Gasteiger charge is 2.31. The van der Waals surface area contributed by atoms with E-state index in [1.54, 1.807) is 12.4 Å². The van der Waals surface area contributed by atoms with Gasteiger partial charge >= 0.3 is 0 Å². The fraction of sp³-hybridized carbons (Fsp3) is 0.667. The summed E-state index contributed by atoms with van der Waals surface area (Å²) in [6.07, 6.45) is 6.74. The fourth-order valence-electron chi connectivity index (χ4n) is 1.93. The van der Waals surface area contributed by atoms with Crippen LogP contribution in [-0.2, 0) is 15.9 Å².